The summed E-state index contributed by atoms with van der Waals surface area (Å²) >= 11 is 0. The molecule has 126 valence electrons. The Labute approximate surface area is 140 Å². The minimum Gasteiger partial charge on any atom is -0.355 e. The van der Waals surface area contributed by atoms with Crippen LogP contribution in [0, 0.1) is 18.3 Å². The molecule has 1 aromatic rings. The molecule has 0 bridgehead atoms. The van der Waals surface area contributed by atoms with Crippen molar-refractivity contribution in [3.05, 3.63) is 17.8 Å². The maximum absolute atomic E-state index is 4.42. The van der Waals surface area contributed by atoms with Gasteiger partial charge in [0.05, 0.1) is 5.69 Å². The van der Waals surface area contributed by atoms with Gasteiger partial charge in [-0.05, 0) is 63.6 Å². The number of likely N-dealkylation sites (tertiary alicyclic amines) is 1. The van der Waals surface area contributed by atoms with E-state index in [1.165, 1.54) is 71.1 Å². The molecule has 0 amide bonds. The third-order valence-corrected chi connectivity index (χ3v) is 6.28. The van der Waals surface area contributed by atoms with Gasteiger partial charge in [-0.3, -0.25) is 0 Å². The van der Waals surface area contributed by atoms with Crippen molar-refractivity contribution in [1.29, 1.82) is 0 Å². The van der Waals surface area contributed by atoms with Gasteiger partial charge < -0.3 is 9.80 Å². The van der Waals surface area contributed by atoms with Gasteiger partial charge in [0.1, 0.15) is 0 Å². The van der Waals surface area contributed by atoms with E-state index in [0.29, 0.717) is 5.41 Å². The van der Waals surface area contributed by atoms with E-state index < -0.39 is 0 Å². The first-order valence-corrected chi connectivity index (χ1v) is 9.50. The highest BCUT2D eigenvalue weighted by Crippen LogP contribution is 2.40. The lowest BCUT2D eigenvalue weighted by Crippen LogP contribution is -2.45. The van der Waals surface area contributed by atoms with Crippen molar-refractivity contribution in [3.63, 3.8) is 0 Å². The van der Waals surface area contributed by atoms with Gasteiger partial charge in [0.2, 0.25) is 0 Å². The van der Waals surface area contributed by atoms with Crippen LogP contribution in [0.15, 0.2) is 12.1 Å². The zero-order valence-electron chi connectivity index (χ0n) is 14.5. The number of aryl methyl sites for hydroxylation is 1. The molecule has 2 aliphatic heterocycles. The summed E-state index contributed by atoms with van der Waals surface area (Å²) in [5.41, 5.74) is 1.51. The van der Waals surface area contributed by atoms with Gasteiger partial charge in [-0.1, -0.05) is 12.8 Å². The highest BCUT2D eigenvalue weighted by Gasteiger charge is 2.42. The summed E-state index contributed by atoms with van der Waals surface area (Å²) in [7, 11) is 0. The van der Waals surface area contributed by atoms with Crippen molar-refractivity contribution in [2.75, 3.05) is 37.6 Å². The van der Waals surface area contributed by atoms with Crippen LogP contribution in [0.25, 0.3) is 0 Å². The maximum Gasteiger partial charge on any atom is 0.151 e. The van der Waals surface area contributed by atoms with Crippen molar-refractivity contribution in [2.45, 2.75) is 51.9 Å². The normalized spacial score (nSPS) is 29.7. The lowest BCUT2D eigenvalue weighted by molar-refractivity contribution is 0.204. The molecular formula is C19H30N4. The van der Waals surface area contributed by atoms with Crippen molar-refractivity contribution >= 4 is 5.82 Å². The van der Waals surface area contributed by atoms with Gasteiger partial charge in [-0.25, -0.2) is 0 Å². The Kier molecular flexibility index (Phi) is 4.27. The van der Waals surface area contributed by atoms with Crippen LogP contribution in [-0.4, -0.2) is 47.8 Å². The molecule has 4 nitrogen and oxygen atoms in total. The molecule has 4 rings (SSSR count). The van der Waals surface area contributed by atoms with E-state index in [4.69, 9.17) is 0 Å². The maximum atomic E-state index is 4.42. The van der Waals surface area contributed by atoms with Crippen molar-refractivity contribution in [2.24, 2.45) is 11.3 Å². The average Bonchev–Trinajstić information content (AvgIpc) is 3.19. The Bertz CT molecular complexity index is 523. The van der Waals surface area contributed by atoms with Crippen LogP contribution >= 0.6 is 0 Å². The molecule has 0 aromatic carbocycles. The molecule has 3 aliphatic rings. The van der Waals surface area contributed by atoms with Crippen LogP contribution in [-0.2, 0) is 0 Å². The fourth-order valence-electron chi connectivity index (χ4n) is 5.04. The molecule has 1 aliphatic carbocycles. The number of anilines is 1. The third-order valence-electron chi connectivity index (χ3n) is 6.28. The summed E-state index contributed by atoms with van der Waals surface area (Å²) in [6.45, 7) is 8.29. The molecule has 1 saturated carbocycles. The summed E-state index contributed by atoms with van der Waals surface area (Å²) in [6, 6.07) is 4.23. The zero-order valence-corrected chi connectivity index (χ0v) is 14.5. The predicted octanol–water partition coefficient (Wildman–Crippen LogP) is 3.27. The zero-order chi connectivity index (χ0) is 15.7. The molecule has 23 heavy (non-hydrogen) atoms. The number of hydrogen-bond acceptors (Lipinski definition) is 4. The topological polar surface area (TPSA) is 32.3 Å². The highest BCUT2D eigenvalue weighted by molar-refractivity contribution is 5.38. The van der Waals surface area contributed by atoms with Crippen LogP contribution < -0.4 is 4.90 Å². The van der Waals surface area contributed by atoms with Crippen LogP contribution in [0.5, 0.6) is 0 Å². The molecule has 2 saturated heterocycles. The number of aromatic nitrogens is 2. The molecule has 3 fully saturated rings. The van der Waals surface area contributed by atoms with E-state index in [2.05, 4.69) is 32.1 Å². The number of hydrogen-bond donors (Lipinski definition) is 0. The number of rotatable bonds is 3. The summed E-state index contributed by atoms with van der Waals surface area (Å²) in [5.74, 6) is 2.05. The van der Waals surface area contributed by atoms with E-state index in [1.54, 1.807) is 0 Å². The fraction of sp³-hybridized carbons (Fsp3) is 0.789. The molecule has 1 atom stereocenters. The number of piperidine rings is 1. The van der Waals surface area contributed by atoms with Gasteiger partial charge in [0, 0.05) is 31.6 Å². The van der Waals surface area contributed by atoms with Crippen LogP contribution in [0.3, 0.4) is 0 Å². The van der Waals surface area contributed by atoms with Gasteiger partial charge in [0.15, 0.2) is 5.82 Å². The van der Waals surface area contributed by atoms with Crippen LogP contribution in [0.2, 0.25) is 0 Å². The first-order valence-electron chi connectivity index (χ1n) is 9.50. The summed E-state index contributed by atoms with van der Waals surface area (Å²) < 4.78 is 0. The fourth-order valence-corrected chi connectivity index (χ4v) is 5.04. The number of nitrogens with zero attached hydrogens (tertiary/aromatic N) is 4. The van der Waals surface area contributed by atoms with Crippen molar-refractivity contribution < 1.29 is 0 Å². The van der Waals surface area contributed by atoms with E-state index in [0.717, 1.165) is 24.0 Å². The Balaban J connectivity index is 1.39. The lowest BCUT2D eigenvalue weighted by Gasteiger charge is -2.41. The molecule has 1 spiro atoms. The van der Waals surface area contributed by atoms with E-state index in [1.807, 2.05) is 6.92 Å². The second-order valence-electron chi connectivity index (χ2n) is 8.19. The lowest BCUT2D eigenvalue weighted by atomic mass is 9.79. The standard InChI is InChI=1S/C19H30N4/c1-16-7-8-18(21-20-16)23-11-4-9-19(15-23)10-12-22(14-19)13-17-5-2-3-6-17/h7-8,17H,2-6,9-15H2,1H3. The van der Waals surface area contributed by atoms with Crippen LogP contribution in [0.1, 0.15) is 50.6 Å². The average molecular weight is 314 g/mol. The highest BCUT2D eigenvalue weighted by atomic mass is 15.3. The Morgan fingerprint density at radius 1 is 1.04 bits per heavy atom. The third kappa shape index (κ3) is 3.37. The molecular weight excluding hydrogens is 284 g/mol. The second kappa shape index (κ2) is 6.39. The van der Waals surface area contributed by atoms with E-state index in [9.17, 15) is 0 Å². The molecule has 4 heteroatoms. The Morgan fingerprint density at radius 2 is 1.91 bits per heavy atom. The van der Waals surface area contributed by atoms with Gasteiger partial charge in [-0.2, -0.15) is 5.10 Å². The summed E-state index contributed by atoms with van der Waals surface area (Å²) in [6.07, 6.45) is 9.92. The van der Waals surface area contributed by atoms with Crippen LogP contribution in [0.4, 0.5) is 5.82 Å². The van der Waals surface area contributed by atoms with E-state index in [-0.39, 0.29) is 0 Å². The Morgan fingerprint density at radius 3 is 2.70 bits per heavy atom. The monoisotopic (exact) mass is 314 g/mol. The van der Waals surface area contributed by atoms with Crippen molar-refractivity contribution in [1.82, 2.24) is 15.1 Å². The summed E-state index contributed by atoms with van der Waals surface area (Å²) in [4.78, 5) is 5.25. The molecule has 0 radical (unpaired) electrons. The largest absolute Gasteiger partial charge is 0.355 e. The van der Waals surface area contributed by atoms with E-state index >= 15 is 0 Å². The van der Waals surface area contributed by atoms with Crippen molar-refractivity contribution in [3.8, 4) is 0 Å². The quantitative estimate of drug-likeness (QED) is 0.857. The molecule has 1 aromatic heterocycles. The minimum atomic E-state index is 0.503. The molecule has 1 unspecified atom stereocenters. The smallest absolute Gasteiger partial charge is 0.151 e. The summed E-state index contributed by atoms with van der Waals surface area (Å²) in [5, 5.41) is 8.67. The molecule has 3 heterocycles. The first-order chi connectivity index (χ1) is 11.2. The SMILES string of the molecule is Cc1ccc(N2CCCC3(CCN(CC4CCCC4)C3)C2)nn1. The van der Waals surface area contributed by atoms with Gasteiger partial charge >= 0.3 is 0 Å². The molecule has 0 N–H and O–H groups in total. The Hall–Kier alpha value is -1.16. The first kappa shape index (κ1) is 15.4. The second-order valence-corrected chi connectivity index (χ2v) is 8.19. The predicted molar refractivity (Wildman–Crippen MR) is 93.7 cm³/mol. The van der Waals surface area contributed by atoms with Gasteiger partial charge in [-0.15, -0.1) is 5.10 Å². The van der Waals surface area contributed by atoms with Gasteiger partial charge in [0.25, 0.3) is 0 Å². The minimum absolute atomic E-state index is 0.503.